The molecule has 1 aliphatic carbocycles. The summed E-state index contributed by atoms with van der Waals surface area (Å²) in [6.07, 6.45) is 11.5. The second kappa shape index (κ2) is 11.0. The van der Waals surface area contributed by atoms with Crippen LogP contribution in [0.4, 0.5) is 11.8 Å². The van der Waals surface area contributed by atoms with Gasteiger partial charge in [-0.3, -0.25) is 4.79 Å². The molecule has 2 aromatic heterocycles. The lowest BCUT2D eigenvalue weighted by Gasteiger charge is -2.39. The lowest BCUT2D eigenvalue weighted by Crippen LogP contribution is -2.45. The number of piperidine rings is 1. The van der Waals surface area contributed by atoms with E-state index in [4.69, 9.17) is 16.0 Å². The molecule has 8 nitrogen and oxygen atoms in total. The number of rotatable bonds is 9. The maximum atomic E-state index is 11.2. The Bertz CT molecular complexity index is 846. The number of carbonyl (C=O) groups excluding carboxylic acids is 1. The summed E-state index contributed by atoms with van der Waals surface area (Å²) in [7, 11) is 0. The molecule has 0 radical (unpaired) electrons. The highest BCUT2D eigenvalue weighted by molar-refractivity contribution is 6.27. The number of hydrogen-bond donors (Lipinski definition) is 3. The van der Waals surface area contributed by atoms with Crippen LogP contribution in [0.5, 0.6) is 0 Å². The molecule has 1 saturated carbocycles. The zero-order valence-electron chi connectivity index (χ0n) is 18.0. The number of furan rings is 1. The van der Waals surface area contributed by atoms with Crippen LogP contribution in [0.1, 0.15) is 51.4 Å². The number of likely N-dealkylation sites (tertiary alicyclic amines) is 1. The Kier molecular flexibility index (Phi) is 7.86. The average molecular weight is 449 g/mol. The molecule has 3 heterocycles. The van der Waals surface area contributed by atoms with Gasteiger partial charge >= 0.3 is 0 Å². The molecule has 0 bridgehead atoms. The summed E-state index contributed by atoms with van der Waals surface area (Å²) < 4.78 is 5.66. The Balaban J connectivity index is 1.31. The van der Waals surface area contributed by atoms with E-state index in [-0.39, 0.29) is 11.8 Å². The lowest BCUT2D eigenvalue weighted by atomic mass is 9.92. The smallest absolute Gasteiger partial charge is 0.234 e. The minimum absolute atomic E-state index is 0.0116. The maximum absolute atomic E-state index is 11.2. The van der Waals surface area contributed by atoms with E-state index in [9.17, 15) is 4.79 Å². The number of amides is 1. The molecular weight excluding hydrogens is 416 g/mol. The van der Waals surface area contributed by atoms with Crippen molar-refractivity contribution in [3.8, 4) is 0 Å². The summed E-state index contributed by atoms with van der Waals surface area (Å²) >= 11 is 5.48. The van der Waals surface area contributed by atoms with Gasteiger partial charge in [-0.05, 0) is 32.1 Å². The van der Waals surface area contributed by atoms with Gasteiger partial charge in [0.05, 0.1) is 6.26 Å². The number of alkyl halides is 1. The highest BCUT2D eigenvalue weighted by Gasteiger charge is 2.27. The number of carbonyl (C=O) groups is 1. The number of fused-ring (bicyclic) bond motifs is 1. The fraction of sp³-hybridized carbons (Fsp3) is 0.682. The number of nitrogens with zero attached hydrogens (tertiary/aromatic N) is 3. The molecule has 170 valence electrons. The predicted octanol–water partition coefficient (Wildman–Crippen LogP) is 3.59. The molecule has 0 unspecified atom stereocenters. The van der Waals surface area contributed by atoms with Gasteiger partial charge in [-0.2, -0.15) is 4.98 Å². The molecular formula is C22H33ClN6O2. The van der Waals surface area contributed by atoms with Crippen molar-refractivity contribution < 1.29 is 9.21 Å². The van der Waals surface area contributed by atoms with Crippen LogP contribution in [0.2, 0.25) is 0 Å². The van der Waals surface area contributed by atoms with Crippen LogP contribution in [0.25, 0.3) is 11.1 Å². The maximum Gasteiger partial charge on any atom is 0.234 e. The number of halogens is 1. The molecule has 1 amide bonds. The van der Waals surface area contributed by atoms with Crippen molar-refractivity contribution in [2.24, 2.45) is 0 Å². The highest BCUT2D eigenvalue weighted by atomic mass is 35.5. The molecule has 1 saturated heterocycles. The van der Waals surface area contributed by atoms with Gasteiger partial charge in [0.2, 0.25) is 11.9 Å². The van der Waals surface area contributed by atoms with Crippen molar-refractivity contribution in [1.82, 2.24) is 20.2 Å². The summed E-state index contributed by atoms with van der Waals surface area (Å²) in [6, 6.07) is 3.04. The number of hydrogen-bond acceptors (Lipinski definition) is 7. The topological polar surface area (TPSA) is 95.3 Å². The van der Waals surface area contributed by atoms with Crippen LogP contribution in [-0.2, 0) is 4.79 Å². The summed E-state index contributed by atoms with van der Waals surface area (Å²) in [5.41, 5.74) is 1.49. The molecule has 0 spiro atoms. The first-order chi connectivity index (χ1) is 15.2. The fourth-order valence-electron chi connectivity index (χ4n) is 4.65. The van der Waals surface area contributed by atoms with Crippen molar-refractivity contribution in [3.63, 3.8) is 0 Å². The first-order valence-corrected chi connectivity index (χ1v) is 12.1. The largest absolute Gasteiger partial charge is 0.459 e. The summed E-state index contributed by atoms with van der Waals surface area (Å²) in [5, 5.41) is 9.62. The predicted molar refractivity (Wildman–Crippen MR) is 124 cm³/mol. The zero-order chi connectivity index (χ0) is 21.5. The Morgan fingerprint density at radius 3 is 2.71 bits per heavy atom. The monoisotopic (exact) mass is 448 g/mol. The molecule has 2 aromatic rings. The van der Waals surface area contributed by atoms with Crippen LogP contribution < -0.4 is 16.0 Å². The van der Waals surface area contributed by atoms with Gasteiger partial charge in [-0.25, -0.2) is 4.98 Å². The van der Waals surface area contributed by atoms with Crippen molar-refractivity contribution in [2.75, 3.05) is 42.7 Å². The van der Waals surface area contributed by atoms with Gasteiger partial charge in [-0.1, -0.05) is 19.3 Å². The minimum Gasteiger partial charge on any atom is -0.459 e. The molecule has 31 heavy (non-hydrogen) atoms. The third kappa shape index (κ3) is 6.01. The standard InChI is InChI=1S/C22H33ClN6O2/c23-15-19(30)24-10-4-11-25-22-27-18-9-14-31-20(18)21(28-22)26-16-7-12-29(13-8-16)17-5-2-1-3-6-17/h9,14,16-17H,1-8,10-13,15H2,(H,24,30)(H2,25,26,27,28). The van der Waals surface area contributed by atoms with E-state index >= 15 is 0 Å². The van der Waals surface area contributed by atoms with E-state index in [0.29, 0.717) is 30.7 Å². The van der Waals surface area contributed by atoms with E-state index in [2.05, 4.69) is 30.8 Å². The first kappa shape index (κ1) is 22.1. The third-order valence-corrected chi connectivity index (χ3v) is 6.59. The van der Waals surface area contributed by atoms with E-state index in [1.165, 1.54) is 32.1 Å². The van der Waals surface area contributed by atoms with Crippen LogP contribution in [0, 0.1) is 0 Å². The Labute approximate surface area is 188 Å². The van der Waals surface area contributed by atoms with E-state index in [1.54, 1.807) is 6.26 Å². The molecule has 1 aliphatic heterocycles. The summed E-state index contributed by atoms with van der Waals surface area (Å²) in [5.74, 6) is 1.16. The average Bonchev–Trinajstić information content (AvgIpc) is 3.29. The van der Waals surface area contributed by atoms with E-state index in [0.717, 1.165) is 49.7 Å². The molecule has 2 aliphatic rings. The van der Waals surface area contributed by atoms with E-state index in [1.807, 2.05) is 6.07 Å². The van der Waals surface area contributed by atoms with E-state index < -0.39 is 0 Å². The second-order valence-corrected chi connectivity index (χ2v) is 8.81. The van der Waals surface area contributed by atoms with Crippen molar-refractivity contribution in [2.45, 2.75) is 63.5 Å². The molecule has 4 rings (SSSR count). The van der Waals surface area contributed by atoms with Gasteiger partial charge in [0.1, 0.15) is 11.4 Å². The highest BCUT2D eigenvalue weighted by Crippen LogP contribution is 2.28. The first-order valence-electron chi connectivity index (χ1n) is 11.6. The van der Waals surface area contributed by atoms with Gasteiger partial charge < -0.3 is 25.3 Å². The number of anilines is 2. The minimum atomic E-state index is -0.154. The van der Waals surface area contributed by atoms with Crippen LogP contribution >= 0.6 is 11.6 Å². The van der Waals surface area contributed by atoms with Gasteiger partial charge in [0, 0.05) is 44.3 Å². The molecule has 9 heteroatoms. The molecule has 2 fully saturated rings. The van der Waals surface area contributed by atoms with Crippen molar-refractivity contribution >= 4 is 40.4 Å². The number of nitrogens with one attached hydrogen (secondary N) is 3. The van der Waals surface area contributed by atoms with Crippen molar-refractivity contribution in [1.29, 1.82) is 0 Å². The van der Waals surface area contributed by atoms with Crippen LogP contribution in [0.3, 0.4) is 0 Å². The molecule has 0 aromatic carbocycles. The fourth-order valence-corrected chi connectivity index (χ4v) is 4.75. The SMILES string of the molecule is O=C(CCl)NCCCNc1nc(NC2CCN(C3CCCCC3)CC2)c2occc2n1. The normalized spacial score (nSPS) is 18.9. The lowest BCUT2D eigenvalue weighted by molar-refractivity contribution is -0.118. The van der Waals surface area contributed by atoms with Crippen LogP contribution in [-0.4, -0.2) is 64.9 Å². The van der Waals surface area contributed by atoms with Gasteiger partial charge in [0.15, 0.2) is 11.4 Å². The Morgan fingerprint density at radius 2 is 1.94 bits per heavy atom. The third-order valence-electron chi connectivity index (χ3n) is 6.35. The molecule has 0 atom stereocenters. The van der Waals surface area contributed by atoms with Crippen LogP contribution in [0.15, 0.2) is 16.7 Å². The Morgan fingerprint density at radius 1 is 1.13 bits per heavy atom. The summed E-state index contributed by atoms with van der Waals surface area (Å²) in [4.78, 5) is 23.1. The summed E-state index contributed by atoms with van der Waals surface area (Å²) in [6.45, 7) is 3.52. The quantitative estimate of drug-likeness (QED) is 0.398. The van der Waals surface area contributed by atoms with Crippen molar-refractivity contribution in [3.05, 3.63) is 12.3 Å². The second-order valence-electron chi connectivity index (χ2n) is 8.54. The molecule has 3 N–H and O–H groups in total. The Hall–Kier alpha value is -2.06. The van der Waals surface area contributed by atoms with Gasteiger partial charge in [-0.15, -0.1) is 11.6 Å². The zero-order valence-corrected chi connectivity index (χ0v) is 18.8. The number of aromatic nitrogens is 2. The van der Waals surface area contributed by atoms with Gasteiger partial charge in [0.25, 0.3) is 0 Å².